The highest BCUT2D eigenvalue weighted by atomic mass is 16.5. The number of benzene rings is 1. The van der Waals surface area contributed by atoms with Crippen LogP contribution in [0.15, 0.2) is 42.6 Å². The Labute approximate surface area is 106 Å². The van der Waals surface area contributed by atoms with Crippen molar-refractivity contribution in [2.45, 2.75) is 19.6 Å². The molecule has 0 aliphatic rings. The van der Waals surface area contributed by atoms with E-state index < -0.39 is 6.10 Å². The minimum atomic E-state index is -0.586. The third-order valence-corrected chi connectivity index (χ3v) is 2.50. The van der Waals surface area contributed by atoms with E-state index in [1.54, 1.807) is 31.3 Å². The van der Waals surface area contributed by atoms with Gasteiger partial charge in [-0.1, -0.05) is 12.1 Å². The van der Waals surface area contributed by atoms with Gasteiger partial charge in [-0.2, -0.15) is 0 Å². The number of aliphatic hydroxyl groups is 2. The van der Waals surface area contributed by atoms with E-state index in [9.17, 15) is 5.11 Å². The van der Waals surface area contributed by atoms with Crippen LogP contribution in [-0.2, 0) is 6.61 Å². The predicted octanol–water partition coefficient (Wildman–Crippen LogP) is 2.42. The fourth-order valence-electron chi connectivity index (χ4n) is 1.54. The van der Waals surface area contributed by atoms with E-state index in [1.165, 1.54) is 0 Å². The number of ether oxygens (including phenoxy) is 1. The van der Waals surface area contributed by atoms with E-state index in [0.717, 1.165) is 5.56 Å². The molecule has 0 aliphatic carbocycles. The van der Waals surface area contributed by atoms with Crippen molar-refractivity contribution in [2.75, 3.05) is 0 Å². The monoisotopic (exact) mass is 245 g/mol. The van der Waals surface area contributed by atoms with Crippen molar-refractivity contribution in [1.82, 2.24) is 4.98 Å². The predicted molar refractivity (Wildman–Crippen MR) is 67.3 cm³/mol. The van der Waals surface area contributed by atoms with E-state index in [0.29, 0.717) is 17.2 Å². The van der Waals surface area contributed by atoms with Gasteiger partial charge in [0.05, 0.1) is 24.6 Å². The van der Waals surface area contributed by atoms with Crippen molar-refractivity contribution in [1.29, 1.82) is 0 Å². The number of aliphatic hydroxyl groups excluding tert-OH is 2. The lowest BCUT2D eigenvalue weighted by atomic mass is 10.2. The molecule has 0 aliphatic heterocycles. The van der Waals surface area contributed by atoms with Gasteiger partial charge in [-0.25, -0.2) is 0 Å². The molecule has 18 heavy (non-hydrogen) atoms. The Hall–Kier alpha value is -1.91. The van der Waals surface area contributed by atoms with Crippen molar-refractivity contribution in [2.24, 2.45) is 0 Å². The molecule has 0 radical (unpaired) electrons. The maximum absolute atomic E-state index is 9.34. The molecule has 0 fully saturated rings. The topological polar surface area (TPSA) is 62.6 Å². The third kappa shape index (κ3) is 3.06. The maximum atomic E-state index is 9.34. The second kappa shape index (κ2) is 5.62. The van der Waals surface area contributed by atoms with Crippen LogP contribution in [0.3, 0.4) is 0 Å². The van der Waals surface area contributed by atoms with E-state index in [4.69, 9.17) is 9.84 Å². The molecular weight excluding hydrogens is 230 g/mol. The maximum Gasteiger partial charge on any atom is 0.145 e. The molecule has 0 saturated carbocycles. The Kier molecular flexibility index (Phi) is 3.92. The average molecular weight is 245 g/mol. The van der Waals surface area contributed by atoms with Crippen LogP contribution in [0.1, 0.15) is 24.3 Å². The summed E-state index contributed by atoms with van der Waals surface area (Å²) in [5.74, 6) is 1.24. The first-order chi connectivity index (χ1) is 8.69. The molecule has 0 amide bonds. The fourth-order valence-corrected chi connectivity index (χ4v) is 1.54. The minimum absolute atomic E-state index is 0.0174. The average Bonchev–Trinajstić information content (AvgIpc) is 2.39. The van der Waals surface area contributed by atoms with E-state index in [2.05, 4.69) is 4.98 Å². The summed E-state index contributed by atoms with van der Waals surface area (Å²) in [6, 6.07) is 10.7. The number of pyridine rings is 1. The van der Waals surface area contributed by atoms with Crippen LogP contribution >= 0.6 is 0 Å². The van der Waals surface area contributed by atoms with Crippen molar-refractivity contribution in [3.05, 3.63) is 53.9 Å². The Morgan fingerprint density at radius 3 is 2.67 bits per heavy atom. The van der Waals surface area contributed by atoms with Crippen LogP contribution in [0.2, 0.25) is 0 Å². The van der Waals surface area contributed by atoms with Gasteiger partial charge in [-0.15, -0.1) is 0 Å². The van der Waals surface area contributed by atoms with Crippen LogP contribution in [0.5, 0.6) is 11.5 Å². The van der Waals surface area contributed by atoms with Crippen LogP contribution in [0, 0.1) is 0 Å². The molecule has 0 unspecified atom stereocenters. The summed E-state index contributed by atoms with van der Waals surface area (Å²) in [6.07, 6.45) is 0.977. The molecule has 0 bridgehead atoms. The first-order valence-electron chi connectivity index (χ1n) is 5.70. The summed E-state index contributed by atoms with van der Waals surface area (Å²) in [6.45, 7) is 1.64. The number of rotatable bonds is 4. The molecule has 2 rings (SSSR count). The molecule has 4 nitrogen and oxygen atoms in total. The normalized spacial score (nSPS) is 12.2. The quantitative estimate of drug-likeness (QED) is 0.868. The Bertz CT molecular complexity index is 509. The molecule has 1 atom stereocenters. The molecule has 0 spiro atoms. The molecular formula is C14H15NO3. The molecule has 0 saturated heterocycles. The number of hydrogen-bond donors (Lipinski definition) is 2. The van der Waals surface area contributed by atoms with Gasteiger partial charge < -0.3 is 14.9 Å². The van der Waals surface area contributed by atoms with Gasteiger partial charge in [0.15, 0.2) is 0 Å². The first-order valence-corrected chi connectivity index (χ1v) is 5.70. The van der Waals surface area contributed by atoms with Gasteiger partial charge in [0.25, 0.3) is 0 Å². The SMILES string of the molecule is C[C@@H](O)c1ccc(Oc2cccc(CO)c2)cn1. The zero-order valence-electron chi connectivity index (χ0n) is 10.1. The van der Waals surface area contributed by atoms with Crippen LogP contribution < -0.4 is 4.74 Å². The first kappa shape index (κ1) is 12.5. The smallest absolute Gasteiger partial charge is 0.145 e. The summed E-state index contributed by atoms with van der Waals surface area (Å²) in [5.41, 5.74) is 1.40. The summed E-state index contributed by atoms with van der Waals surface area (Å²) >= 11 is 0. The van der Waals surface area contributed by atoms with Crippen LogP contribution in [-0.4, -0.2) is 15.2 Å². The minimum Gasteiger partial charge on any atom is -0.456 e. The number of nitrogens with zero attached hydrogens (tertiary/aromatic N) is 1. The highest BCUT2D eigenvalue weighted by molar-refractivity contribution is 5.33. The third-order valence-electron chi connectivity index (χ3n) is 2.50. The van der Waals surface area contributed by atoms with Crippen LogP contribution in [0.4, 0.5) is 0 Å². The molecule has 1 aromatic heterocycles. The van der Waals surface area contributed by atoms with Crippen molar-refractivity contribution >= 4 is 0 Å². The van der Waals surface area contributed by atoms with Gasteiger partial charge >= 0.3 is 0 Å². The van der Waals surface area contributed by atoms with Gasteiger partial charge in [-0.05, 0) is 36.8 Å². The molecule has 1 aromatic carbocycles. The van der Waals surface area contributed by atoms with Crippen molar-refractivity contribution < 1.29 is 14.9 Å². The number of hydrogen-bond acceptors (Lipinski definition) is 4. The Morgan fingerprint density at radius 2 is 2.06 bits per heavy atom. The lowest BCUT2D eigenvalue weighted by Crippen LogP contribution is -1.95. The largest absolute Gasteiger partial charge is 0.456 e. The van der Waals surface area contributed by atoms with Gasteiger partial charge in [0.2, 0.25) is 0 Å². The summed E-state index contributed by atoms with van der Waals surface area (Å²) < 4.78 is 5.60. The summed E-state index contributed by atoms with van der Waals surface area (Å²) in [5, 5.41) is 18.4. The Morgan fingerprint density at radius 1 is 1.22 bits per heavy atom. The van der Waals surface area contributed by atoms with Crippen molar-refractivity contribution in [3.8, 4) is 11.5 Å². The van der Waals surface area contributed by atoms with E-state index in [1.807, 2.05) is 18.2 Å². The summed E-state index contributed by atoms with van der Waals surface area (Å²) in [4.78, 5) is 4.09. The van der Waals surface area contributed by atoms with Gasteiger partial charge in [0, 0.05) is 0 Å². The zero-order valence-corrected chi connectivity index (χ0v) is 10.1. The molecule has 2 N–H and O–H groups in total. The molecule has 1 heterocycles. The van der Waals surface area contributed by atoms with Gasteiger partial charge in [-0.3, -0.25) is 4.98 Å². The van der Waals surface area contributed by atoms with Crippen molar-refractivity contribution in [3.63, 3.8) is 0 Å². The second-order valence-electron chi connectivity index (χ2n) is 4.00. The molecule has 4 heteroatoms. The fraction of sp³-hybridized carbons (Fsp3) is 0.214. The van der Waals surface area contributed by atoms with E-state index in [-0.39, 0.29) is 6.61 Å². The van der Waals surface area contributed by atoms with Crippen LogP contribution in [0.25, 0.3) is 0 Å². The standard InChI is InChI=1S/C14H15NO3/c1-10(17)14-6-5-13(8-15-14)18-12-4-2-3-11(7-12)9-16/h2-8,10,16-17H,9H2,1H3/t10-/m1/s1. The molecule has 94 valence electrons. The molecule has 2 aromatic rings. The number of aromatic nitrogens is 1. The Balaban J connectivity index is 2.13. The summed E-state index contributed by atoms with van der Waals surface area (Å²) in [7, 11) is 0. The van der Waals surface area contributed by atoms with E-state index >= 15 is 0 Å². The highest BCUT2D eigenvalue weighted by Gasteiger charge is 2.03. The lowest BCUT2D eigenvalue weighted by Gasteiger charge is -2.08. The second-order valence-corrected chi connectivity index (χ2v) is 4.00. The zero-order chi connectivity index (χ0) is 13.0. The lowest BCUT2D eigenvalue weighted by molar-refractivity contribution is 0.194. The highest BCUT2D eigenvalue weighted by Crippen LogP contribution is 2.22. The van der Waals surface area contributed by atoms with Gasteiger partial charge in [0.1, 0.15) is 11.5 Å².